The Morgan fingerprint density at radius 2 is 0.929 bits per heavy atom. The van der Waals surface area contributed by atoms with Crippen LogP contribution in [0.2, 0.25) is 0 Å². The van der Waals surface area contributed by atoms with Gasteiger partial charge in [-0.25, -0.2) is 0 Å². The molecule has 2 nitrogen and oxygen atoms in total. The van der Waals surface area contributed by atoms with Crippen molar-refractivity contribution in [3.63, 3.8) is 0 Å². The fourth-order valence-electron chi connectivity index (χ4n) is 0. The van der Waals surface area contributed by atoms with Gasteiger partial charge in [0.15, 0.2) is 0 Å². The van der Waals surface area contributed by atoms with Gasteiger partial charge in [-0.3, -0.25) is 0 Å². The van der Waals surface area contributed by atoms with E-state index in [1.165, 1.54) is 0 Å². The van der Waals surface area contributed by atoms with E-state index in [9.17, 15) is 0 Å². The predicted molar refractivity (Wildman–Crippen MR) is 67.3 cm³/mol. The number of rotatable bonds is 0. The Kier molecular flexibility index (Phi) is 25.7. The third-order valence-corrected chi connectivity index (χ3v) is 2.19. The summed E-state index contributed by atoms with van der Waals surface area (Å²) in [7, 11) is 7.31. The summed E-state index contributed by atoms with van der Waals surface area (Å²) < 4.78 is 1.02. The molecule has 0 N–H and O–H groups in total. The van der Waals surface area contributed by atoms with Crippen molar-refractivity contribution in [1.82, 2.24) is 9.80 Å². The smallest absolute Gasteiger partial charge is 1.00 e. The van der Waals surface area contributed by atoms with Crippen molar-refractivity contribution >= 4 is 58.3 Å². The van der Waals surface area contributed by atoms with Crippen molar-refractivity contribution in [2.45, 2.75) is 0 Å². The number of nitrogens with zero attached hydrogens (tertiary/aromatic N) is 2. The molecular formula is C6H12BrN2S4Zr. The van der Waals surface area contributed by atoms with Crippen LogP contribution in [-0.2, 0) is 51.5 Å². The SMILES string of the molecule is CN(C)C(=S)[S-].CN(C)C(=S)[S-].[Br-].[Zr+3]. The number of hydrogen-bond donors (Lipinski definition) is 0. The van der Waals surface area contributed by atoms with E-state index < -0.39 is 0 Å². The summed E-state index contributed by atoms with van der Waals surface area (Å²) in [4.78, 5) is 3.43. The molecule has 0 aliphatic rings. The van der Waals surface area contributed by atoms with E-state index in [0.29, 0.717) is 8.64 Å². The molecule has 0 aliphatic heterocycles. The minimum Gasteiger partial charge on any atom is -1.00 e. The van der Waals surface area contributed by atoms with Gasteiger partial charge < -0.3 is 76.5 Å². The number of thiocarbonyl (C=S) groups is 2. The van der Waals surface area contributed by atoms with Crippen LogP contribution in [0.25, 0.3) is 0 Å². The van der Waals surface area contributed by atoms with Gasteiger partial charge in [-0.15, -0.1) is 0 Å². The normalized spacial score (nSPS) is 6.57. The van der Waals surface area contributed by atoms with Crippen LogP contribution in [-0.4, -0.2) is 46.6 Å². The zero-order chi connectivity index (χ0) is 10.3. The molecule has 0 saturated carbocycles. The second-order valence-corrected chi connectivity index (χ2v) is 4.38. The van der Waals surface area contributed by atoms with Crippen LogP contribution in [0.3, 0.4) is 0 Å². The first-order valence-corrected chi connectivity index (χ1v) is 4.69. The molecule has 0 bridgehead atoms. The summed E-state index contributed by atoms with van der Waals surface area (Å²) in [6, 6.07) is 0. The van der Waals surface area contributed by atoms with E-state index in [4.69, 9.17) is 0 Å². The third-order valence-electron chi connectivity index (χ3n) is 0.730. The molecule has 0 unspecified atom stereocenters. The first-order valence-electron chi connectivity index (χ1n) is 3.05. The second-order valence-electron chi connectivity index (χ2n) is 2.32. The molecule has 0 rings (SSSR count). The molecule has 0 aromatic rings. The Bertz CT molecular complexity index is 148. The van der Waals surface area contributed by atoms with Crippen molar-refractivity contribution in [3.8, 4) is 0 Å². The van der Waals surface area contributed by atoms with Crippen LogP contribution in [0.5, 0.6) is 0 Å². The van der Waals surface area contributed by atoms with E-state index in [1.54, 1.807) is 9.80 Å². The summed E-state index contributed by atoms with van der Waals surface area (Å²) in [6.07, 6.45) is 0. The van der Waals surface area contributed by atoms with Gasteiger partial charge in [0.1, 0.15) is 0 Å². The molecular weight excluding hydrogens is 399 g/mol. The van der Waals surface area contributed by atoms with Crippen molar-refractivity contribution < 1.29 is 43.2 Å². The molecule has 1 radical (unpaired) electrons. The maximum absolute atomic E-state index is 4.56. The average molecular weight is 412 g/mol. The van der Waals surface area contributed by atoms with Crippen LogP contribution in [0, 0.1) is 0 Å². The van der Waals surface area contributed by atoms with Crippen molar-refractivity contribution in [1.29, 1.82) is 0 Å². The Morgan fingerprint density at radius 3 is 0.929 bits per heavy atom. The number of hydrogen-bond acceptors (Lipinski definition) is 4. The van der Waals surface area contributed by atoms with Crippen LogP contribution in [0.1, 0.15) is 0 Å². The third kappa shape index (κ3) is 23.4. The Hall–Kier alpha value is 1.58. The van der Waals surface area contributed by atoms with Crippen LogP contribution < -0.4 is 17.0 Å². The second kappa shape index (κ2) is 14.6. The Balaban J connectivity index is -0.0000000625. The van der Waals surface area contributed by atoms with Gasteiger partial charge in [0.05, 0.1) is 0 Å². The molecule has 0 spiro atoms. The summed E-state index contributed by atoms with van der Waals surface area (Å²) in [5.41, 5.74) is 0. The summed E-state index contributed by atoms with van der Waals surface area (Å²) in [6.45, 7) is 0. The largest absolute Gasteiger partial charge is 3.00 e. The molecule has 0 amide bonds. The van der Waals surface area contributed by atoms with Gasteiger partial charge in [0.2, 0.25) is 0 Å². The van der Waals surface area contributed by atoms with Gasteiger partial charge in [0, 0.05) is 28.2 Å². The van der Waals surface area contributed by atoms with E-state index in [0.717, 1.165) is 0 Å². The number of halogens is 1. The first kappa shape index (κ1) is 24.7. The molecule has 14 heavy (non-hydrogen) atoms. The van der Waals surface area contributed by atoms with Gasteiger partial charge in [0.25, 0.3) is 0 Å². The van der Waals surface area contributed by atoms with Gasteiger partial charge in [-0.1, -0.05) is 8.64 Å². The molecule has 0 aliphatic carbocycles. The van der Waals surface area contributed by atoms with Crippen LogP contribution in [0.4, 0.5) is 0 Å². The molecule has 0 aromatic carbocycles. The molecule has 8 heteroatoms. The maximum Gasteiger partial charge on any atom is 3.00 e. The fraction of sp³-hybridized carbons (Fsp3) is 0.667. The topological polar surface area (TPSA) is 6.48 Å². The summed E-state index contributed by atoms with van der Waals surface area (Å²) in [5.74, 6) is 0. The molecule has 81 valence electrons. The van der Waals surface area contributed by atoms with E-state index in [1.807, 2.05) is 28.2 Å². The minimum atomic E-state index is 0. The summed E-state index contributed by atoms with van der Waals surface area (Å²) >= 11 is 18.2. The zero-order valence-electron chi connectivity index (χ0n) is 8.41. The van der Waals surface area contributed by atoms with Gasteiger partial charge in [-0.05, 0) is 0 Å². The van der Waals surface area contributed by atoms with E-state index >= 15 is 0 Å². The van der Waals surface area contributed by atoms with E-state index in [2.05, 4.69) is 49.7 Å². The molecule has 0 atom stereocenters. The van der Waals surface area contributed by atoms with Crippen molar-refractivity contribution in [2.75, 3.05) is 28.2 Å². The quantitative estimate of drug-likeness (QED) is 0.326. The minimum absolute atomic E-state index is 0. The molecule has 0 fully saturated rings. The van der Waals surface area contributed by atoms with Gasteiger partial charge in [-0.2, -0.15) is 0 Å². The molecule has 0 aromatic heterocycles. The average Bonchev–Trinajstić information content (AvgIpc) is 1.88. The maximum atomic E-state index is 4.56. The van der Waals surface area contributed by atoms with E-state index in [-0.39, 0.29) is 43.2 Å². The van der Waals surface area contributed by atoms with Gasteiger partial charge >= 0.3 is 26.2 Å². The predicted octanol–water partition coefficient (Wildman–Crippen LogP) is -2.24. The van der Waals surface area contributed by atoms with Crippen LogP contribution >= 0.6 is 24.4 Å². The van der Waals surface area contributed by atoms with Crippen LogP contribution in [0.15, 0.2) is 0 Å². The monoisotopic (exact) mass is 409 g/mol. The standard InChI is InChI=1S/2C3H7NS2.BrH.Zr/c2*1-4(2)3(5)6;;/h2*1-2H3,(H,5,6);1H;/q;;;+3/p-3. The summed E-state index contributed by atoms with van der Waals surface area (Å²) in [5, 5.41) is 0. The Morgan fingerprint density at radius 1 is 0.857 bits per heavy atom. The zero-order valence-corrected chi connectivity index (χ0v) is 15.7. The van der Waals surface area contributed by atoms with Crippen molar-refractivity contribution in [3.05, 3.63) is 0 Å². The first-order chi connectivity index (χ1) is 5.29. The molecule has 0 saturated heterocycles. The van der Waals surface area contributed by atoms with Crippen molar-refractivity contribution in [2.24, 2.45) is 0 Å². The molecule has 0 heterocycles. The Labute approximate surface area is 138 Å². The fourth-order valence-corrected chi connectivity index (χ4v) is 0.